The van der Waals surface area contributed by atoms with E-state index in [1.165, 1.54) is 11.1 Å². The smallest absolute Gasteiger partial charge is 0.197 e. The first kappa shape index (κ1) is 34.7. The van der Waals surface area contributed by atoms with E-state index in [4.69, 9.17) is 28.4 Å². The highest BCUT2D eigenvalue weighted by Gasteiger charge is 2.33. The Bertz CT molecular complexity index is 1120. The molecule has 2 aliphatic rings. The molecule has 44 heavy (non-hydrogen) atoms. The van der Waals surface area contributed by atoms with E-state index < -0.39 is 0 Å². The van der Waals surface area contributed by atoms with Crippen LogP contribution in [0, 0.1) is 0 Å². The molecule has 2 aromatic rings. The van der Waals surface area contributed by atoms with E-state index in [2.05, 4.69) is 107 Å². The van der Waals surface area contributed by atoms with E-state index in [0.717, 1.165) is 47.0 Å². The second kappa shape index (κ2) is 12.6. The first-order valence-corrected chi connectivity index (χ1v) is 16.3. The van der Waals surface area contributed by atoms with Crippen LogP contribution in [-0.2, 0) is 40.6 Å². The molecule has 6 nitrogen and oxygen atoms in total. The van der Waals surface area contributed by atoms with Crippen molar-refractivity contribution < 1.29 is 28.4 Å². The first-order chi connectivity index (χ1) is 20.1. The summed E-state index contributed by atoms with van der Waals surface area (Å²) in [4.78, 5) is 0. The van der Waals surface area contributed by atoms with Crippen LogP contribution < -0.4 is 9.47 Å². The van der Waals surface area contributed by atoms with Gasteiger partial charge in [0, 0.05) is 22.3 Å². The first-order valence-electron chi connectivity index (χ1n) is 16.3. The Morgan fingerprint density at radius 2 is 0.795 bits per heavy atom. The van der Waals surface area contributed by atoms with Crippen LogP contribution in [0.2, 0.25) is 0 Å². The van der Waals surface area contributed by atoms with Crippen LogP contribution in [0.25, 0.3) is 11.1 Å². The number of rotatable bonds is 11. The van der Waals surface area contributed by atoms with Crippen LogP contribution in [0.1, 0.15) is 119 Å². The molecule has 0 amide bonds. The van der Waals surface area contributed by atoms with Crippen LogP contribution in [0.3, 0.4) is 0 Å². The van der Waals surface area contributed by atoms with Gasteiger partial charge in [0.05, 0.1) is 26.4 Å². The minimum atomic E-state index is -0.389. The predicted molar refractivity (Wildman–Crippen MR) is 178 cm³/mol. The second-order valence-electron chi connectivity index (χ2n) is 16.7. The van der Waals surface area contributed by atoms with Crippen molar-refractivity contribution in [3.63, 3.8) is 0 Å². The Morgan fingerprint density at radius 3 is 1.00 bits per heavy atom. The van der Waals surface area contributed by atoms with Crippen molar-refractivity contribution in [3.05, 3.63) is 46.5 Å². The third-order valence-electron chi connectivity index (χ3n) is 8.15. The standard InChI is InChI=1S/C38H58O6/c1-23(39-19-27-21-41-27)43-33-29(35(3,4)5)15-25(16-30(33)36(6,7)8)26-17-31(37(9,10)11)34(32(18-26)38(12,13)14)44-24(2)40-20-28-22-42-28/h15-18,23-24,27-28H,19-22H2,1-14H3. The van der Waals surface area contributed by atoms with Crippen molar-refractivity contribution in [2.45, 2.75) is 143 Å². The lowest BCUT2D eigenvalue weighted by Gasteiger charge is -2.34. The van der Waals surface area contributed by atoms with Gasteiger partial charge in [0.2, 0.25) is 0 Å². The van der Waals surface area contributed by atoms with Gasteiger partial charge in [-0.25, -0.2) is 0 Å². The van der Waals surface area contributed by atoms with Gasteiger partial charge in [-0.15, -0.1) is 0 Å². The molecule has 4 atom stereocenters. The maximum Gasteiger partial charge on any atom is 0.197 e. The van der Waals surface area contributed by atoms with Gasteiger partial charge in [-0.3, -0.25) is 0 Å². The number of hydrogen-bond donors (Lipinski definition) is 0. The predicted octanol–water partition coefficient (Wildman–Crippen LogP) is 8.82. The van der Waals surface area contributed by atoms with Crippen molar-refractivity contribution in [1.29, 1.82) is 0 Å². The third kappa shape index (κ3) is 8.99. The highest BCUT2D eigenvalue weighted by atomic mass is 16.7. The van der Waals surface area contributed by atoms with E-state index >= 15 is 0 Å². The van der Waals surface area contributed by atoms with E-state index in [1.54, 1.807) is 0 Å². The molecule has 4 rings (SSSR count). The lowest BCUT2D eigenvalue weighted by atomic mass is 9.75. The lowest BCUT2D eigenvalue weighted by Crippen LogP contribution is -2.26. The zero-order valence-corrected chi connectivity index (χ0v) is 29.9. The van der Waals surface area contributed by atoms with Crippen molar-refractivity contribution in [1.82, 2.24) is 0 Å². The fraction of sp³-hybridized carbons (Fsp3) is 0.684. The molecule has 2 aliphatic heterocycles. The van der Waals surface area contributed by atoms with Crippen LogP contribution >= 0.6 is 0 Å². The number of epoxide rings is 2. The summed E-state index contributed by atoms with van der Waals surface area (Å²) in [6.45, 7) is 33.6. The highest BCUT2D eigenvalue weighted by Crippen LogP contribution is 2.47. The summed E-state index contributed by atoms with van der Waals surface area (Å²) in [7, 11) is 0. The molecule has 0 spiro atoms. The van der Waals surface area contributed by atoms with Crippen molar-refractivity contribution in [3.8, 4) is 22.6 Å². The molecule has 0 radical (unpaired) electrons. The van der Waals surface area contributed by atoms with Gasteiger partial charge in [0.1, 0.15) is 23.7 Å². The van der Waals surface area contributed by atoms with Gasteiger partial charge in [-0.2, -0.15) is 0 Å². The monoisotopic (exact) mass is 610 g/mol. The summed E-state index contributed by atoms with van der Waals surface area (Å²) in [5.41, 5.74) is 6.35. The van der Waals surface area contributed by atoms with Crippen LogP contribution in [0.15, 0.2) is 24.3 Å². The Kier molecular flexibility index (Phi) is 9.94. The van der Waals surface area contributed by atoms with E-state index in [-0.39, 0.29) is 46.4 Å². The molecular formula is C38H58O6. The largest absolute Gasteiger partial charge is 0.465 e. The minimum Gasteiger partial charge on any atom is -0.465 e. The number of benzene rings is 2. The SMILES string of the molecule is CC(OCC1CO1)Oc1c(C(C)(C)C)cc(-c2cc(C(C)(C)C)c(OC(C)OCC3CO3)c(C(C)(C)C)c2)cc1C(C)(C)C. The lowest BCUT2D eigenvalue weighted by molar-refractivity contribution is -0.0726. The van der Waals surface area contributed by atoms with Gasteiger partial charge in [0.25, 0.3) is 0 Å². The minimum absolute atomic E-state index is 0.161. The molecule has 0 aliphatic carbocycles. The summed E-state index contributed by atoms with van der Waals surface area (Å²) in [5.74, 6) is 1.83. The molecule has 4 unspecified atom stereocenters. The quantitative estimate of drug-likeness (QED) is 0.187. The zero-order chi connectivity index (χ0) is 32.8. The Balaban J connectivity index is 1.87. The molecule has 6 heteroatoms. The summed E-state index contributed by atoms with van der Waals surface area (Å²) < 4.78 is 36.0. The molecule has 0 saturated carbocycles. The maximum absolute atomic E-state index is 6.64. The van der Waals surface area contributed by atoms with Crippen LogP contribution in [0.5, 0.6) is 11.5 Å². The average molecular weight is 611 g/mol. The summed E-state index contributed by atoms with van der Waals surface area (Å²) in [6.07, 6.45) is -0.399. The molecule has 0 N–H and O–H groups in total. The summed E-state index contributed by atoms with van der Waals surface area (Å²) in [5, 5.41) is 0. The second-order valence-corrected chi connectivity index (χ2v) is 16.7. The maximum atomic E-state index is 6.64. The van der Waals surface area contributed by atoms with Crippen molar-refractivity contribution >= 4 is 0 Å². The summed E-state index contributed by atoms with van der Waals surface area (Å²) in [6, 6.07) is 9.27. The fourth-order valence-electron chi connectivity index (χ4n) is 5.29. The highest BCUT2D eigenvalue weighted by molar-refractivity contribution is 5.73. The Labute approximate surface area is 267 Å². The number of ether oxygens (including phenoxy) is 6. The van der Waals surface area contributed by atoms with Gasteiger partial charge in [-0.05, 0) is 70.9 Å². The molecule has 0 bridgehead atoms. The Morgan fingerprint density at radius 1 is 0.545 bits per heavy atom. The van der Waals surface area contributed by atoms with E-state index in [1.807, 2.05) is 13.8 Å². The zero-order valence-electron chi connectivity index (χ0n) is 29.9. The topological polar surface area (TPSA) is 62.0 Å². The number of hydrogen-bond acceptors (Lipinski definition) is 6. The normalized spacial score (nSPS) is 20.3. The van der Waals surface area contributed by atoms with Crippen LogP contribution in [-0.4, -0.2) is 51.2 Å². The Hall–Kier alpha value is -2.12. The molecule has 2 saturated heterocycles. The fourth-order valence-corrected chi connectivity index (χ4v) is 5.29. The molecule has 0 aromatic heterocycles. The molecule has 2 fully saturated rings. The van der Waals surface area contributed by atoms with Gasteiger partial charge >= 0.3 is 0 Å². The molecule has 2 heterocycles. The molecule has 246 valence electrons. The van der Waals surface area contributed by atoms with E-state index in [9.17, 15) is 0 Å². The van der Waals surface area contributed by atoms with Crippen LogP contribution in [0.4, 0.5) is 0 Å². The van der Waals surface area contributed by atoms with Gasteiger partial charge in [-0.1, -0.05) is 83.1 Å². The van der Waals surface area contributed by atoms with Crippen molar-refractivity contribution in [2.24, 2.45) is 0 Å². The average Bonchev–Trinajstić information content (AvgIpc) is 3.79. The van der Waals surface area contributed by atoms with Gasteiger partial charge in [0.15, 0.2) is 12.6 Å². The van der Waals surface area contributed by atoms with Gasteiger partial charge < -0.3 is 28.4 Å². The molecule has 2 aromatic carbocycles. The van der Waals surface area contributed by atoms with Crippen molar-refractivity contribution in [2.75, 3.05) is 26.4 Å². The third-order valence-corrected chi connectivity index (χ3v) is 8.15. The van der Waals surface area contributed by atoms with E-state index in [0.29, 0.717) is 13.2 Å². The summed E-state index contributed by atoms with van der Waals surface area (Å²) >= 11 is 0. The molecular weight excluding hydrogens is 552 g/mol.